The summed E-state index contributed by atoms with van der Waals surface area (Å²) in [5.74, 6) is 0.0154. The van der Waals surface area contributed by atoms with Crippen LogP contribution in [-0.2, 0) is 4.79 Å². The second-order valence-corrected chi connectivity index (χ2v) is 5.62. The van der Waals surface area contributed by atoms with Crippen LogP contribution in [0.1, 0.15) is 30.1 Å². The Balaban J connectivity index is 2.15. The number of para-hydroxylation sites is 1. The quantitative estimate of drug-likeness (QED) is 0.721. The van der Waals surface area contributed by atoms with Gasteiger partial charge in [-0.05, 0) is 30.7 Å². The highest BCUT2D eigenvalue weighted by atomic mass is 16.5. The molecule has 0 fully saturated rings. The summed E-state index contributed by atoms with van der Waals surface area (Å²) in [5.41, 5.74) is 7.23. The predicted molar refractivity (Wildman–Crippen MR) is 98.9 cm³/mol. The lowest BCUT2D eigenvalue weighted by molar-refractivity contribution is -0.117. The number of benzene rings is 2. The third kappa shape index (κ3) is 5.06. The highest BCUT2D eigenvalue weighted by Gasteiger charge is 2.17. The molecule has 0 heterocycles. The van der Waals surface area contributed by atoms with Crippen molar-refractivity contribution in [3.63, 3.8) is 0 Å². The van der Waals surface area contributed by atoms with Crippen molar-refractivity contribution in [1.29, 1.82) is 0 Å². The molecule has 132 valence electrons. The average Bonchev–Trinajstić information content (AvgIpc) is 2.62. The summed E-state index contributed by atoms with van der Waals surface area (Å²) in [7, 11) is 1.56. The first-order valence-corrected chi connectivity index (χ1v) is 8.16. The number of ether oxygens (including phenoxy) is 1. The third-order valence-electron chi connectivity index (χ3n) is 3.69. The lowest BCUT2D eigenvalue weighted by Gasteiger charge is -2.14. The van der Waals surface area contributed by atoms with Crippen molar-refractivity contribution < 1.29 is 14.3 Å². The van der Waals surface area contributed by atoms with Gasteiger partial charge in [0, 0.05) is 11.8 Å². The van der Waals surface area contributed by atoms with Gasteiger partial charge in [-0.3, -0.25) is 9.59 Å². The van der Waals surface area contributed by atoms with Gasteiger partial charge in [0.05, 0.1) is 24.4 Å². The number of hydrogen-bond acceptors (Lipinski definition) is 4. The average molecular weight is 341 g/mol. The molecule has 0 aliphatic carbocycles. The molecule has 1 atom stereocenters. The zero-order valence-corrected chi connectivity index (χ0v) is 14.4. The van der Waals surface area contributed by atoms with E-state index in [1.54, 1.807) is 55.6 Å². The van der Waals surface area contributed by atoms with Gasteiger partial charge in [-0.25, -0.2) is 0 Å². The lowest BCUT2D eigenvalue weighted by atomic mass is 10.1. The molecule has 0 radical (unpaired) electrons. The Morgan fingerprint density at radius 2 is 1.88 bits per heavy atom. The molecule has 6 heteroatoms. The summed E-state index contributed by atoms with van der Waals surface area (Å²) in [6.07, 6.45) is 1.40. The molecule has 2 aromatic carbocycles. The maximum Gasteiger partial charge on any atom is 0.257 e. The molecule has 0 spiro atoms. The van der Waals surface area contributed by atoms with Gasteiger partial charge in [-0.2, -0.15) is 0 Å². The number of hydrogen-bond donors (Lipinski definition) is 3. The van der Waals surface area contributed by atoms with E-state index in [1.807, 2.05) is 6.92 Å². The van der Waals surface area contributed by atoms with E-state index in [0.717, 1.165) is 6.42 Å². The molecule has 0 aromatic heterocycles. The van der Waals surface area contributed by atoms with Gasteiger partial charge in [-0.1, -0.05) is 31.5 Å². The minimum absolute atomic E-state index is 0.302. The second-order valence-electron chi connectivity index (χ2n) is 5.62. The minimum Gasteiger partial charge on any atom is -0.497 e. The van der Waals surface area contributed by atoms with E-state index in [9.17, 15) is 9.59 Å². The molecule has 2 aromatic rings. The normalized spacial score (nSPS) is 11.5. The van der Waals surface area contributed by atoms with Crippen molar-refractivity contribution in [3.8, 4) is 5.75 Å². The van der Waals surface area contributed by atoms with Crippen LogP contribution in [0.3, 0.4) is 0 Å². The van der Waals surface area contributed by atoms with Crippen molar-refractivity contribution in [2.45, 2.75) is 25.8 Å². The number of nitrogens with two attached hydrogens (primary N) is 1. The van der Waals surface area contributed by atoms with Crippen LogP contribution in [0.2, 0.25) is 0 Å². The summed E-state index contributed by atoms with van der Waals surface area (Å²) in [6, 6.07) is 13.3. The Bertz CT molecular complexity index is 746. The van der Waals surface area contributed by atoms with Gasteiger partial charge in [0.1, 0.15) is 5.75 Å². The van der Waals surface area contributed by atoms with Crippen LogP contribution >= 0.6 is 0 Å². The third-order valence-corrected chi connectivity index (χ3v) is 3.69. The van der Waals surface area contributed by atoms with Gasteiger partial charge in [-0.15, -0.1) is 0 Å². The Labute approximate surface area is 147 Å². The van der Waals surface area contributed by atoms with Crippen LogP contribution in [0, 0.1) is 0 Å². The van der Waals surface area contributed by atoms with E-state index in [-0.39, 0.29) is 11.8 Å². The first-order valence-electron chi connectivity index (χ1n) is 8.16. The van der Waals surface area contributed by atoms with Crippen LogP contribution < -0.4 is 21.1 Å². The number of rotatable bonds is 7. The van der Waals surface area contributed by atoms with E-state index >= 15 is 0 Å². The predicted octanol–water partition coefficient (Wildman–Crippen LogP) is 3.01. The Hall–Kier alpha value is -2.86. The fourth-order valence-corrected chi connectivity index (χ4v) is 2.36. The van der Waals surface area contributed by atoms with E-state index in [4.69, 9.17) is 10.5 Å². The van der Waals surface area contributed by atoms with Crippen LogP contribution in [0.15, 0.2) is 48.5 Å². The summed E-state index contributed by atoms with van der Waals surface area (Å²) >= 11 is 0. The molecule has 2 rings (SSSR count). The van der Waals surface area contributed by atoms with Crippen molar-refractivity contribution in [3.05, 3.63) is 54.1 Å². The van der Waals surface area contributed by atoms with E-state index < -0.39 is 6.04 Å². The number of carbonyl (C=O) groups is 2. The van der Waals surface area contributed by atoms with E-state index in [1.165, 1.54) is 0 Å². The van der Waals surface area contributed by atoms with Crippen molar-refractivity contribution >= 4 is 23.2 Å². The Morgan fingerprint density at radius 1 is 1.12 bits per heavy atom. The number of anilines is 2. The topological polar surface area (TPSA) is 93.5 Å². The van der Waals surface area contributed by atoms with Crippen LogP contribution in [-0.4, -0.2) is 25.0 Å². The van der Waals surface area contributed by atoms with Crippen LogP contribution in [0.5, 0.6) is 5.75 Å². The minimum atomic E-state index is -0.598. The zero-order chi connectivity index (χ0) is 18.2. The largest absolute Gasteiger partial charge is 0.497 e. The maximum atomic E-state index is 12.6. The smallest absolute Gasteiger partial charge is 0.257 e. The number of methoxy groups -OCH3 is 1. The summed E-state index contributed by atoms with van der Waals surface area (Å²) in [4.78, 5) is 24.7. The molecular formula is C19H23N3O3. The summed E-state index contributed by atoms with van der Waals surface area (Å²) in [5, 5.41) is 5.53. The summed E-state index contributed by atoms with van der Waals surface area (Å²) in [6.45, 7) is 1.96. The molecule has 0 aliphatic rings. The highest BCUT2D eigenvalue weighted by molar-refractivity contribution is 6.10. The highest BCUT2D eigenvalue weighted by Crippen LogP contribution is 2.20. The molecule has 0 saturated carbocycles. The number of carbonyl (C=O) groups excluding carboxylic acids is 2. The zero-order valence-electron chi connectivity index (χ0n) is 14.4. The number of nitrogens with one attached hydrogen (secondary N) is 2. The van der Waals surface area contributed by atoms with Crippen molar-refractivity contribution in [2.75, 3.05) is 17.7 Å². The molecule has 6 nitrogen and oxygen atoms in total. The molecule has 0 bridgehead atoms. The second kappa shape index (κ2) is 8.84. The van der Waals surface area contributed by atoms with Gasteiger partial charge in [0.25, 0.3) is 5.91 Å². The fraction of sp³-hybridized carbons (Fsp3) is 0.263. The fourth-order valence-electron chi connectivity index (χ4n) is 2.36. The first-order chi connectivity index (χ1) is 12.0. The van der Waals surface area contributed by atoms with E-state index in [0.29, 0.717) is 29.1 Å². The number of amides is 2. The molecule has 2 amide bonds. The lowest BCUT2D eigenvalue weighted by Crippen LogP contribution is -2.35. The van der Waals surface area contributed by atoms with Crippen LogP contribution in [0.25, 0.3) is 0 Å². The van der Waals surface area contributed by atoms with E-state index in [2.05, 4.69) is 10.6 Å². The SMILES string of the molecule is CCCC(N)C(=O)Nc1ccccc1C(=O)Nc1cccc(OC)c1. The Kier molecular flexibility index (Phi) is 6.54. The van der Waals surface area contributed by atoms with Crippen LogP contribution in [0.4, 0.5) is 11.4 Å². The Morgan fingerprint density at radius 3 is 2.60 bits per heavy atom. The molecule has 1 unspecified atom stereocenters. The van der Waals surface area contributed by atoms with Gasteiger partial charge >= 0.3 is 0 Å². The van der Waals surface area contributed by atoms with Crippen molar-refractivity contribution in [1.82, 2.24) is 0 Å². The molecule has 4 N–H and O–H groups in total. The summed E-state index contributed by atoms with van der Waals surface area (Å²) < 4.78 is 5.15. The van der Waals surface area contributed by atoms with Gasteiger partial charge < -0.3 is 21.1 Å². The molecular weight excluding hydrogens is 318 g/mol. The maximum absolute atomic E-state index is 12.6. The molecule has 25 heavy (non-hydrogen) atoms. The monoisotopic (exact) mass is 341 g/mol. The molecule has 0 saturated heterocycles. The van der Waals surface area contributed by atoms with Gasteiger partial charge in [0.15, 0.2) is 0 Å². The van der Waals surface area contributed by atoms with Crippen molar-refractivity contribution in [2.24, 2.45) is 5.73 Å². The molecule has 0 aliphatic heterocycles. The first kappa shape index (κ1) is 18.5. The standard InChI is InChI=1S/C19H23N3O3/c1-3-7-16(20)19(24)22-17-11-5-4-10-15(17)18(23)21-13-8-6-9-14(12-13)25-2/h4-6,8-12,16H,3,7,20H2,1-2H3,(H,21,23)(H,22,24). The van der Waals surface area contributed by atoms with Gasteiger partial charge in [0.2, 0.25) is 5.91 Å².